The van der Waals surface area contributed by atoms with Gasteiger partial charge in [0.25, 0.3) is 0 Å². The Kier molecular flexibility index (Phi) is 4.27. The van der Waals surface area contributed by atoms with Crippen molar-refractivity contribution in [2.75, 3.05) is 43.0 Å². The molecule has 19 heavy (non-hydrogen) atoms. The van der Waals surface area contributed by atoms with Crippen LogP contribution in [0.1, 0.15) is 6.92 Å². The van der Waals surface area contributed by atoms with Crippen molar-refractivity contribution in [3.8, 4) is 0 Å². The van der Waals surface area contributed by atoms with Crippen LogP contribution in [0.15, 0.2) is 24.3 Å². The number of likely N-dealkylation sites (N-methyl/N-ethyl adjacent to an activating group) is 2. The van der Waals surface area contributed by atoms with E-state index in [1.54, 1.807) is 0 Å². The molecule has 0 fully saturated rings. The van der Waals surface area contributed by atoms with Gasteiger partial charge < -0.3 is 20.2 Å². The average molecular weight is 263 g/mol. The summed E-state index contributed by atoms with van der Waals surface area (Å²) in [6.07, 6.45) is 0. The Morgan fingerprint density at radius 2 is 2.05 bits per heavy atom. The zero-order valence-corrected chi connectivity index (χ0v) is 11.5. The fraction of sp³-hybridized carbons (Fsp3) is 0.500. The van der Waals surface area contributed by atoms with E-state index in [-0.39, 0.29) is 0 Å². The SMILES string of the molecule is CCNC(CN1CCN(C)c2ccccc21)C(=O)O. The number of nitrogens with zero attached hydrogens (tertiary/aromatic N) is 2. The molecule has 2 N–H and O–H groups in total. The van der Waals surface area contributed by atoms with E-state index >= 15 is 0 Å². The molecule has 2 rings (SSSR count). The number of aliphatic carboxylic acids is 1. The number of nitrogens with one attached hydrogen (secondary N) is 1. The van der Waals surface area contributed by atoms with Crippen LogP contribution in [0.3, 0.4) is 0 Å². The first-order valence-electron chi connectivity index (χ1n) is 6.64. The molecule has 0 amide bonds. The van der Waals surface area contributed by atoms with Crippen molar-refractivity contribution in [3.05, 3.63) is 24.3 Å². The highest BCUT2D eigenvalue weighted by molar-refractivity contribution is 5.77. The highest BCUT2D eigenvalue weighted by Crippen LogP contribution is 2.31. The zero-order chi connectivity index (χ0) is 13.8. The largest absolute Gasteiger partial charge is 0.480 e. The summed E-state index contributed by atoms with van der Waals surface area (Å²) in [5, 5.41) is 12.3. The van der Waals surface area contributed by atoms with Gasteiger partial charge in [-0.3, -0.25) is 4.79 Å². The number of carboxylic acid groups (broad SMARTS) is 1. The van der Waals surface area contributed by atoms with Gasteiger partial charge in [-0.15, -0.1) is 0 Å². The number of carboxylic acids is 1. The van der Waals surface area contributed by atoms with Gasteiger partial charge in [-0.25, -0.2) is 0 Å². The summed E-state index contributed by atoms with van der Waals surface area (Å²) in [5.74, 6) is -0.793. The molecule has 1 unspecified atom stereocenters. The van der Waals surface area contributed by atoms with Crippen LogP contribution < -0.4 is 15.1 Å². The second-order valence-corrected chi connectivity index (χ2v) is 4.80. The first-order chi connectivity index (χ1) is 9.13. The Balaban J connectivity index is 2.17. The van der Waals surface area contributed by atoms with Crippen LogP contribution in [0.4, 0.5) is 11.4 Å². The Morgan fingerprint density at radius 3 is 2.68 bits per heavy atom. The first-order valence-corrected chi connectivity index (χ1v) is 6.64. The number of carbonyl (C=O) groups is 1. The van der Waals surface area contributed by atoms with E-state index in [1.807, 2.05) is 19.1 Å². The predicted molar refractivity (Wildman–Crippen MR) is 77.0 cm³/mol. The van der Waals surface area contributed by atoms with E-state index in [4.69, 9.17) is 0 Å². The van der Waals surface area contributed by atoms with E-state index in [0.717, 1.165) is 24.5 Å². The topological polar surface area (TPSA) is 55.8 Å². The zero-order valence-electron chi connectivity index (χ0n) is 11.5. The van der Waals surface area contributed by atoms with Crippen molar-refractivity contribution in [2.24, 2.45) is 0 Å². The van der Waals surface area contributed by atoms with Crippen molar-refractivity contribution in [1.82, 2.24) is 5.32 Å². The number of benzene rings is 1. The standard InChI is InChI=1S/C14H21N3O2/c1-3-15-11(14(18)19)10-17-9-8-16(2)12-6-4-5-7-13(12)17/h4-7,11,15H,3,8-10H2,1-2H3,(H,18,19). The van der Waals surface area contributed by atoms with Crippen LogP contribution in [-0.4, -0.2) is 50.3 Å². The Morgan fingerprint density at radius 1 is 1.37 bits per heavy atom. The summed E-state index contributed by atoms with van der Waals surface area (Å²) in [6, 6.07) is 7.60. The van der Waals surface area contributed by atoms with Crippen molar-refractivity contribution in [1.29, 1.82) is 0 Å². The van der Waals surface area contributed by atoms with Gasteiger partial charge in [0.1, 0.15) is 6.04 Å². The van der Waals surface area contributed by atoms with Crippen LogP contribution in [0, 0.1) is 0 Å². The molecule has 5 nitrogen and oxygen atoms in total. The average Bonchev–Trinajstić information content (AvgIpc) is 2.41. The molecular formula is C14H21N3O2. The Labute approximate surface area is 113 Å². The third kappa shape index (κ3) is 2.98. The minimum absolute atomic E-state index is 0.494. The van der Waals surface area contributed by atoms with Gasteiger partial charge in [0.05, 0.1) is 11.4 Å². The Bertz CT molecular complexity index is 450. The van der Waals surface area contributed by atoms with E-state index in [1.165, 1.54) is 0 Å². The molecule has 104 valence electrons. The van der Waals surface area contributed by atoms with Gasteiger partial charge in [0.2, 0.25) is 0 Å². The highest BCUT2D eigenvalue weighted by Gasteiger charge is 2.25. The summed E-state index contributed by atoms with van der Waals surface area (Å²) >= 11 is 0. The maximum atomic E-state index is 11.2. The smallest absolute Gasteiger partial charge is 0.322 e. The van der Waals surface area contributed by atoms with E-state index in [9.17, 15) is 9.90 Å². The van der Waals surface area contributed by atoms with Crippen molar-refractivity contribution in [3.63, 3.8) is 0 Å². The molecular weight excluding hydrogens is 242 g/mol. The molecule has 1 aromatic rings. The van der Waals surface area contributed by atoms with Gasteiger partial charge >= 0.3 is 5.97 Å². The second-order valence-electron chi connectivity index (χ2n) is 4.80. The predicted octanol–water partition coefficient (Wildman–Crippen LogP) is 1.01. The number of hydrogen-bond acceptors (Lipinski definition) is 4. The molecule has 1 aliphatic rings. The fourth-order valence-electron chi connectivity index (χ4n) is 2.45. The minimum Gasteiger partial charge on any atom is -0.480 e. The normalized spacial score (nSPS) is 16.1. The quantitative estimate of drug-likeness (QED) is 0.830. The monoisotopic (exact) mass is 263 g/mol. The molecule has 1 aliphatic heterocycles. The van der Waals surface area contributed by atoms with Crippen LogP contribution in [-0.2, 0) is 4.79 Å². The number of fused-ring (bicyclic) bond motifs is 1. The fourth-order valence-corrected chi connectivity index (χ4v) is 2.45. The molecule has 0 bridgehead atoms. The molecule has 0 spiro atoms. The van der Waals surface area contributed by atoms with Crippen LogP contribution in [0.25, 0.3) is 0 Å². The van der Waals surface area contributed by atoms with Crippen molar-refractivity contribution < 1.29 is 9.90 Å². The summed E-state index contributed by atoms with van der Waals surface area (Å²) in [5.41, 5.74) is 2.27. The molecule has 0 radical (unpaired) electrons. The maximum Gasteiger partial charge on any atom is 0.322 e. The summed E-state index contributed by atoms with van der Waals surface area (Å²) in [4.78, 5) is 15.6. The molecule has 0 aliphatic carbocycles. The molecule has 0 saturated carbocycles. The lowest BCUT2D eigenvalue weighted by Gasteiger charge is -2.38. The van der Waals surface area contributed by atoms with Gasteiger partial charge in [-0.1, -0.05) is 19.1 Å². The first kappa shape index (κ1) is 13.7. The van der Waals surface area contributed by atoms with E-state index < -0.39 is 12.0 Å². The van der Waals surface area contributed by atoms with Crippen molar-refractivity contribution >= 4 is 17.3 Å². The molecule has 1 heterocycles. The summed E-state index contributed by atoms with van der Waals surface area (Å²) in [7, 11) is 2.06. The number of para-hydroxylation sites is 2. The van der Waals surface area contributed by atoms with Crippen LogP contribution in [0.2, 0.25) is 0 Å². The molecule has 5 heteroatoms. The minimum atomic E-state index is -0.793. The van der Waals surface area contributed by atoms with Gasteiger partial charge in [0, 0.05) is 26.7 Å². The third-order valence-corrected chi connectivity index (χ3v) is 3.49. The third-order valence-electron chi connectivity index (χ3n) is 3.49. The maximum absolute atomic E-state index is 11.2. The van der Waals surface area contributed by atoms with Crippen LogP contribution in [0.5, 0.6) is 0 Å². The highest BCUT2D eigenvalue weighted by atomic mass is 16.4. The second kappa shape index (κ2) is 5.93. The molecule has 1 aromatic carbocycles. The summed E-state index contributed by atoms with van der Waals surface area (Å²) in [6.45, 7) is 4.84. The number of rotatable bonds is 5. The number of anilines is 2. The van der Waals surface area contributed by atoms with Gasteiger partial charge in [0.15, 0.2) is 0 Å². The lowest BCUT2D eigenvalue weighted by atomic mass is 10.1. The van der Waals surface area contributed by atoms with E-state index in [2.05, 4.69) is 34.3 Å². The van der Waals surface area contributed by atoms with Gasteiger partial charge in [-0.05, 0) is 18.7 Å². The summed E-state index contributed by atoms with van der Waals surface area (Å²) < 4.78 is 0. The molecule has 0 saturated heterocycles. The lowest BCUT2D eigenvalue weighted by Crippen LogP contribution is -2.49. The lowest BCUT2D eigenvalue weighted by molar-refractivity contribution is -0.139. The Hall–Kier alpha value is -1.75. The molecule has 1 atom stereocenters. The molecule has 0 aromatic heterocycles. The van der Waals surface area contributed by atoms with Crippen LogP contribution >= 0.6 is 0 Å². The number of hydrogen-bond donors (Lipinski definition) is 2. The van der Waals surface area contributed by atoms with Crippen molar-refractivity contribution in [2.45, 2.75) is 13.0 Å². The van der Waals surface area contributed by atoms with Gasteiger partial charge in [-0.2, -0.15) is 0 Å². The van der Waals surface area contributed by atoms with E-state index in [0.29, 0.717) is 13.1 Å².